The highest BCUT2D eigenvalue weighted by Crippen LogP contribution is 2.29. The highest BCUT2D eigenvalue weighted by atomic mass is 32.1. The molecule has 0 fully saturated rings. The maximum Gasteiger partial charge on any atom is 0.314 e. The smallest absolute Gasteiger partial charge is 0.281 e. The summed E-state index contributed by atoms with van der Waals surface area (Å²) in [6, 6.07) is 1.81. The van der Waals surface area contributed by atoms with E-state index in [1.54, 1.807) is 18.5 Å². The minimum Gasteiger partial charge on any atom is -0.281 e. The highest BCUT2D eigenvalue weighted by molar-refractivity contribution is 7.19. The van der Waals surface area contributed by atoms with Crippen LogP contribution in [-0.2, 0) is 20.0 Å². The van der Waals surface area contributed by atoms with E-state index in [1.165, 1.54) is 21.5 Å². The van der Waals surface area contributed by atoms with E-state index >= 15 is 0 Å². The Labute approximate surface area is 158 Å². The molecule has 0 atom stereocenters. The molecule has 0 aliphatic heterocycles. The Bertz CT molecular complexity index is 1330. The predicted octanol–water partition coefficient (Wildman–Crippen LogP) is 1.72. The Hall–Kier alpha value is -2.92. The van der Waals surface area contributed by atoms with E-state index in [4.69, 9.17) is 0 Å². The molecule has 0 bridgehead atoms. The molecule has 8 nitrogen and oxygen atoms in total. The molecule has 0 radical (unpaired) electrons. The molecule has 0 aromatic carbocycles. The number of aryl methyl sites for hydroxylation is 1. The number of aromatic amines is 2. The van der Waals surface area contributed by atoms with Crippen molar-refractivity contribution in [1.29, 1.82) is 0 Å². The summed E-state index contributed by atoms with van der Waals surface area (Å²) in [4.78, 5) is 20.3. The summed E-state index contributed by atoms with van der Waals surface area (Å²) in [6.45, 7) is 0.325. The van der Waals surface area contributed by atoms with Crippen LogP contribution in [0.25, 0.3) is 21.3 Å². The summed E-state index contributed by atoms with van der Waals surface area (Å²) in [5.41, 5.74) is 3.95. The minimum absolute atomic E-state index is 0.173. The van der Waals surface area contributed by atoms with Crippen LogP contribution in [0.15, 0.2) is 28.8 Å². The molecule has 0 aliphatic carbocycles. The van der Waals surface area contributed by atoms with Gasteiger partial charge in [-0.05, 0) is 6.07 Å². The average Bonchev–Trinajstić information content (AvgIpc) is 3.41. The molecule has 0 saturated carbocycles. The van der Waals surface area contributed by atoms with Gasteiger partial charge in [-0.15, -0.1) is 0 Å². The van der Waals surface area contributed by atoms with Gasteiger partial charge in [0.05, 0.1) is 48.5 Å². The van der Waals surface area contributed by atoms with Crippen molar-refractivity contribution < 1.29 is 9.37 Å². The van der Waals surface area contributed by atoms with Crippen molar-refractivity contribution in [3.05, 3.63) is 55.9 Å². The molecular weight excluding hydrogens is 389 g/mol. The quantitative estimate of drug-likeness (QED) is 0.495. The lowest BCUT2D eigenvalue weighted by atomic mass is 10.3. The summed E-state index contributed by atoms with van der Waals surface area (Å²) in [5.74, 6) is 0. The Morgan fingerprint density at radius 3 is 3.04 bits per heavy atom. The van der Waals surface area contributed by atoms with Crippen molar-refractivity contribution in [2.45, 2.75) is 13.0 Å². The van der Waals surface area contributed by atoms with Crippen LogP contribution >= 0.6 is 22.7 Å². The summed E-state index contributed by atoms with van der Waals surface area (Å²) >= 11 is 2.48. The van der Waals surface area contributed by atoms with Gasteiger partial charge in [-0.2, -0.15) is 14.6 Å². The van der Waals surface area contributed by atoms with E-state index in [1.807, 2.05) is 11.6 Å². The lowest BCUT2D eigenvalue weighted by Gasteiger charge is -2.01. The van der Waals surface area contributed by atoms with Crippen LogP contribution in [0.2, 0.25) is 0 Å². The van der Waals surface area contributed by atoms with Crippen LogP contribution < -0.4 is 10.5 Å². The molecule has 5 aromatic heterocycles. The highest BCUT2D eigenvalue weighted by Gasteiger charge is 2.24. The fourth-order valence-corrected chi connectivity index (χ4v) is 4.81. The number of nitrogens with one attached hydrogen (secondary N) is 2. The van der Waals surface area contributed by atoms with Gasteiger partial charge in [-0.3, -0.25) is 9.89 Å². The molecule has 136 valence electrons. The fourth-order valence-electron chi connectivity index (χ4n) is 3.13. The van der Waals surface area contributed by atoms with Crippen LogP contribution in [-0.4, -0.2) is 29.5 Å². The molecule has 5 aromatic rings. The predicted molar refractivity (Wildman–Crippen MR) is 99.5 cm³/mol. The lowest BCUT2D eigenvalue weighted by molar-refractivity contribution is -0.353. The number of thiazole rings is 2. The SMILES string of the molecule is Cn1c2[nH+]c(Cc3ncsc3F)sc2c2cnn(Cc3ccn[nH]3)c(=O)c21. The van der Waals surface area contributed by atoms with E-state index in [-0.39, 0.29) is 10.7 Å². The van der Waals surface area contributed by atoms with Gasteiger partial charge in [0, 0.05) is 6.20 Å². The topological polar surface area (TPSA) is 95.5 Å². The molecule has 27 heavy (non-hydrogen) atoms. The maximum absolute atomic E-state index is 13.7. The third kappa shape index (κ3) is 2.58. The van der Waals surface area contributed by atoms with E-state index in [2.05, 4.69) is 25.3 Å². The molecule has 5 heterocycles. The first-order valence-electron chi connectivity index (χ1n) is 8.07. The zero-order valence-electron chi connectivity index (χ0n) is 14.1. The van der Waals surface area contributed by atoms with Crippen LogP contribution in [0.1, 0.15) is 16.4 Å². The maximum atomic E-state index is 13.7. The van der Waals surface area contributed by atoms with E-state index < -0.39 is 0 Å². The lowest BCUT2D eigenvalue weighted by Crippen LogP contribution is -2.25. The van der Waals surface area contributed by atoms with Crippen molar-refractivity contribution in [2.24, 2.45) is 7.05 Å². The van der Waals surface area contributed by atoms with Crippen LogP contribution in [0.4, 0.5) is 4.39 Å². The van der Waals surface area contributed by atoms with Crippen molar-refractivity contribution in [1.82, 2.24) is 29.5 Å². The average molecular weight is 402 g/mol. The molecule has 5 rings (SSSR count). The van der Waals surface area contributed by atoms with Crippen molar-refractivity contribution >= 4 is 43.9 Å². The minimum atomic E-state index is -0.269. The third-order valence-electron chi connectivity index (χ3n) is 4.43. The van der Waals surface area contributed by atoms with E-state index in [0.717, 1.165) is 37.8 Å². The first-order chi connectivity index (χ1) is 13.1. The molecular formula is C16H13FN7OS2+. The Balaban J connectivity index is 1.61. The van der Waals surface area contributed by atoms with Crippen LogP contribution in [0, 0.1) is 5.13 Å². The Kier molecular flexibility index (Phi) is 3.65. The van der Waals surface area contributed by atoms with Crippen molar-refractivity contribution in [3.63, 3.8) is 0 Å². The second-order valence-corrected chi connectivity index (χ2v) is 8.00. The van der Waals surface area contributed by atoms with Gasteiger partial charge in [0.15, 0.2) is 10.1 Å². The molecule has 0 spiro atoms. The number of H-pyrrole nitrogens is 2. The van der Waals surface area contributed by atoms with Gasteiger partial charge in [-0.25, -0.2) is 19.2 Å². The normalized spacial score (nSPS) is 11.8. The van der Waals surface area contributed by atoms with E-state index in [9.17, 15) is 9.18 Å². The summed E-state index contributed by atoms with van der Waals surface area (Å²) in [7, 11) is 1.84. The zero-order valence-corrected chi connectivity index (χ0v) is 15.7. The Morgan fingerprint density at radius 1 is 1.41 bits per heavy atom. The number of fused-ring (bicyclic) bond motifs is 3. The molecule has 0 unspecified atom stereocenters. The third-order valence-corrected chi connectivity index (χ3v) is 6.19. The number of aromatic nitrogens is 7. The van der Waals surface area contributed by atoms with Gasteiger partial charge < -0.3 is 0 Å². The molecule has 0 amide bonds. The van der Waals surface area contributed by atoms with Gasteiger partial charge in [0.1, 0.15) is 4.70 Å². The zero-order chi connectivity index (χ0) is 18.5. The summed E-state index contributed by atoms with van der Waals surface area (Å²) in [6.07, 6.45) is 3.73. The molecule has 2 N–H and O–H groups in total. The largest absolute Gasteiger partial charge is 0.314 e. The monoisotopic (exact) mass is 402 g/mol. The first kappa shape index (κ1) is 16.3. The van der Waals surface area contributed by atoms with Crippen molar-refractivity contribution in [3.8, 4) is 0 Å². The Morgan fingerprint density at radius 2 is 2.30 bits per heavy atom. The van der Waals surface area contributed by atoms with Gasteiger partial charge in [-0.1, -0.05) is 22.7 Å². The van der Waals surface area contributed by atoms with Crippen LogP contribution in [0.5, 0.6) is 0 Å². The van der Waals surface area contributed by atoms with Crippen molar-refractivity contribution in [2.75, 3.05) is 0 Å². The fraction of sp³-hybridized carbons (Fsp3) is 0.188. The van der Waals surface area contributed by atoms with Crippen LogP contribution in [0.3, 0.4) is 0 Å². The standard InChI is InChI=1S/C16H12FN7OS2/c1-23-12-9(5-20-24(16(12)25)6-8-2-3-19-22-8)13-15(23)21-11(27-13)4-10-14(17)26-7-18-10/h2-3,5,7H,4,6H2,1H3,(H,19,22)/p+1. The molecule has 0 saturated heterocycles. The molecule has 0 aliphatic rings. The van der Waals surface area contributed by atoms with Gasteiger partial charge in [0.25, 0.3) is 5.65 Å². The van der Waals surface area contributed by atoms with E-state index in [0.29, 0.717) is 24.2 Å². The number of nitrogens with zero attached hydrogens (tertiary/aromatic N) is 5. The summed E-state index contributed by atoms with van der Waals surface area (Å²) in [5, 5.41) is 12.4. The number of hydrogen-bond donors (Lipinski definition) is 1. The first-order valence-corrected chi connectivity index (χ1v) is 9.76. The summed E-state index contributed by atoms with van der Waals surface area (Å²) < 4.78 is 17.8. The van der Waals surface area contributed by atoms with Gasteiger partial charge >= 0.3 is 5.56 Å². The number of halogens is 1. The number of hydrogen-bond acceptors (Lipinski definition) is 6. The second-order valence-electron chi connectivity index (χ2n) is 6.09. The second kappa shape index (κ2) is 6.06. The van der Waals surface area contributed by atoms with Gasteiger partial charge in [0.2, 0.25) is 5.52 Å². The number of rotatable bonds is 4. The molecule has 11 heteroatoms.